The third-order valence-electron chi connectivity index (χ3n) is 2.78. The third kappa shape index (κ3) is 2.50. The maximum absolute atomic E-state index is 13.9. The van der Waals surface area contributed by atoms with Crippen molar-refractivity contribution in [1.29, 1.82) is 0 Å². The van der Waals surface area contributed by atoms with Gasteiger partial charge in [0.25, 0.3) is 0 Å². The van der Waals surface area contributed by atoms with E-state index in [4.69, 9.17) is 17.3 Å². The van der Waals surface area contributed by atoms with Crippen molar-refractivity contribution >= 4 is 11.6 Å². The lowest BCUT2D eigenvalue weighted by Gasteiger charge is -2.17. The Kier molecular flexibility index (Phi) is 4.12. The lowest BCUT2D eigenvalue weighted by Crippen LogP contribution is -2.08. The van der Waals surface area contributed by atoms with Gasteiger partial charge in [0.1, 0.15) is 5.82 Å². The van der Waals surface area contributed by atoms with Gasteiger partial charge in [0.15, 0.2) is 0 Å². The molecule has 1 aromatic carbocycles. The molecule has 2 N–H and O–H groups in total. The first-order chi connectivity index (χ1) is 6.99. The average Bonchev–Trinajstić information content (AvgIpc) is 2.16. The van der Waals surface area contributed by atoms with Crippen molar-refractivity contribution in [1.82, 2.24) is 0 Å². The number of hydrogen-bond donors (Lipinski definition) is 1. The molecule has 0 fully saturated rings. The van der Waals surface area contributed by atoms with Crippen LogP contribution in [0.25, 0.3) is 0 Å². The zero-order chi connectivity index (χ0) is 11.6. The average molecular weight is 230 g/mol. The molecule has 3 heteroatoms. The summed E-state index contributed by atoms with van der Waals surface area (Å²) < 4.78 is 13.9. The van der Waals surface area contributed by atoms with Gasteiger partial charge >= 0.3 is 0 Å². The zero-order valence-corrected chi connectivity index (χ0v) is 10.2. The van der Waals surface area contributed by atoms with E-state index in [9.17, 15) is 4.39 Å². The highest BCUT2D eigenvalue weighted by atomic mass is 35.5. The number of benzene rings is 1. The van der Waals surface area contributed by atoms with Crippen molar-refractivity contribution in [2.24, 2.45) is 5.73 Å². The minimum Gasteiger partial charge on any atom is -0.330 e. The lowest BCUT2D eigenvalue weighted by molar-refractivity contribution is 0.567. The van der Waals surface area contributed by atoms with Crippen LogP contribution in [0, 0.1) is 19.7 Å². The van der Waals surface area contributed by atoms with Gasteiger partial charge in [-0.05, 0) is 55.5 Å². The van der Waals surface area contributed by atoms with E-state index < -0.39 is 0 Å². The van der Waals surface area contributed by atoms with E-state index in [1.807, 2.05) is 13.8 Å². The van der Waals surface area contributed by atoms with Gasteiger partial charge in [-0.2, -0.15) is 0 Å². The first-order valence-corrected chi connectivity index (χ1v) is 5.52. The van der Waals surface area contributed by atoms with E-state index in [0.717, 1.165) is 12.0 Å². The first-order valence-electron chi connectivity index (χ1n) is 5.14. The molecule has 0 amide bonds. The molecule has 0 aliphatic heterocycles. The van der Waals surface area contributed by atoms with Gasteiger partial charge in [0, 0.05) is 5.02 Å². The monoisotopic (exact) mass is 229 g/mol. The predicted molar refractivity (Wildman–Crippen MR) is 63.0 cm³/mol. The number of hydrogen-bond acceptors (Lipinski definition) is 1. The van der Waals surface area contributed by atoms with Crippen LogP contribution < -0.4 is 5.73 Å². The molecule has 0 saturated heterocycles. The van der Waals surface area contributed by atoms with Crippen LogP contribution in [0.2, 0.25) is 5.02 Å². The molecule has 1 atom stereocenters. The number of halogens is 2. The quantitative estimate of drug-likeness (QED) is 0.843. The zero-order valence-electron chi connectivity index (χ0n) is 9.40. The van der Waals surface area contributed by atoms with E-state index in [2.05, 4.69) is 0 Å². The van der Waals surface area contributed by atoms with Gasteiger partial charge in [-0.1, -0.05) is 18.5 Å². The summed E-state index contributed by atoms with van der Waals surface area (Å²) in [5.74, 6) is -0.0229. The van der Waals surface area contributed by atoms with E-state index in [1.165, 1.54) is 0 Å². The fraction of sp³-hybridized carbons (Fsp3) is 0.500. The van der Waals surface area contributed by atoms with Crippen molar-refractivity contribution in [3.05, 3.63) is 33.6 Å². The Morgan fingerprint density at radius 3 is 2.60 bits per heavy atom. The molecule has 0 bridgehead atoms. The molecule has 0 spiro atoms. The van der Waals surface area contributed by atoms with Gasteiger partial charge in [-0.3, -0.25) is 0 Å². The Morgan fingerprint density at radius 1 is 1.47 bits per heavy atom. The van der Waals surface area contributed by atoms with Crippen LogP contribution in [0.3, 0.4) is 0 Å². The van der Waals surface area contributed by atoms with Gasteiger partial charge in [0.2, 0.25) is 0 Å². The summed E-state index contributed by atoms with van der Waals surface area (Å²) in [6.07, 6.45) is 0.775. The van der Waals surface area contributed by atoms with Crippen molar-refractivity contribution in [3.8, 4) is 0 Å². The second-order valence-electron chi connectivity index (χ2n) is 4.01. The Balaban J connectivity index is 3.26. The molecule has 84 valence electrons. The summed E-state index contributed by atoms with van der Waals surface area (Å²) in [7, 11) is 0. The highest BCUT2D eigenvalue weighted by Gasteiger charge is 2.17. The largest absolute Gasteiger partial charge is 0.330 e. The number of nitrogens with two attached hydrogens (primary N) is 1. The second kappa shape index (κ2) is 4.95. The van der Waals surface area contributed by atoms with E-state index in [0.29, 0.717) is 22.7 Å². The molecule has 0 saturated carbocycles. The molecule has 0 heterocycles. The molecule has 1 unspecified atom stereocenters. The number of aryl methyl sites for hydroxylation is 1. The molecule has 1 aromatic rings. The van der Waals surface area contributed by atoms with Crippen molar-refractivity contribution < 1.29 is 4.39 Å². The van der Waals surface area contributed by atoms with Crippen LogP contribution in [0.15, 0.2) is 6.07 Å². The molecular weight excluding hydrogens is 213 g/mol. The smallest absolute Gasteiger partial charge is 0.129 e. The highest BCUT2D eigenvalue weighted by molar-refractivity contribution is 6.31. The van der Waals surface area contributed by atoms with Gasteiger partial charge in [-0.15, -0.1) is 0 Å². The van der Waals surface area contributed by atoms with E-state index in [1.54, 1.807) is 13.0 Å². The maximum Gasteiger partial charge on any atom is 0.129 e. The fourth-order valence-electron chi connectivity index (χ4n) is 1.85. The molecule has 0 radical (unpaired) electrons. The van der Waals surface area contributed by atoms with E-state index >= 15 is 0 Å². The third-order valence-corrected chi connectivity index (χ3v) is 3.17. The van der Waals surface area contributed by atoms with Crippen LogP contribution in [0.1, 0.15) is 36.0 Å². The highest BCUT2D eigenvalue weighted by Crippen LogP contribution is 2.31. The summed E-state index contributed by atoms with van der Waals surface area (Å²) in [6.45, 7) is 6.13. The molecular formula is C12H17ClFN. The van der Waals surface area contributed by atoms with Gasteiger partial charge in [-0.25, -0.2) is 4.39 Å². The van der Waals surface area contributed by atoms with Crippen LogP contribution in [-0.4, -0.2) is 6.54 Å². The lowest BCUT2D eigenvalue weighted by atomic mass is 9.91. The van der Waals surface area contributed by atoms with Crippen LogP contribution in [-0.2, 0) is 0 Å². The summed E-state index contributed by atoms with van der Waals surface area (Å²) in [4.78, 5) is 0. The van der Waals surface area contributed by atoms with Crippen molar-refractivity contribution in [2.75, 3.05) is 6.54 Å². The topological polar surface area (TPSA) is 26.0 Å². The SMILES string of the molecule is Cc1cc(Cl)c(C)c(C(C)CCN)c1F. The molecule has 0 aliphatic rings. The summed E-state index contributed by atoms with van der Waals surface area (Å²) in [5.41, 5.74) is 7.64. The second-order valence-corrected chi connectivity index (χ2v) is 4.41. The van der Waals surface area contributed by atoms with Crippen LogP contribution in [0.4, 0.5) is 4.39 Å². The normalized spacial score (nSPS) is 12.9. The Morgan fingerprint density at radius 2 is 2.07 bits per heavy atom. The van der Waals surface area contributed by atoms with Crippen molar-refractivity contribution in [3.63, 3.8) is 0 Å². The van der Waals surface area contributed by atoms with Gasteiger partial charge < -0.3 is 5.73 Å². The molecule has 0 aromatic heterocycles. The molecule has 1 rings (SSSR count). The Hall–Kier alpha value is -0.600. The summed E-state index contributed by atoms with van der Waals surface area (Å²) in [6, 6.07) is 1.67. The minimum absolute atomic E-state index is 0.118. The number of rotatable bonds is 3. The standard InChI is InChI=1S/C12H17ClFN/c1-7(4-5-15)11-9(3)10(13)6-8(2)12(11)14/h6-7H,4-5,15H2,1-3H3. The molecule has 15 heavy (non-hydrogen) atoms. The van der Waals surface area contributed by atoms with Gasteiger partial charge in [0.05, 0.1) is 0 Å². The Labute approximate surface area is 95.4 Å². The maximum atomic E-state index is 13.9. The minimum atomic E-state index is -0.141. The first kappa shape index (κ1) is 12.5. The van der Waals surface area contributed by atoms with Crippen molar-refractivity contribution in [2.45, 2.75) is 33.1 Å². The predicted octanol–water partition coefficient (Wildman–Crippen LogP) is 3.55. The van der Waals surface area contributed by atoms with Crippen LogP contribution in [0.5, 0.6) is 0 Å². The summed E-state index contributed by atoms with van der Waals surface area (Å²) >= 11 is 6.04. The Bertz CT molecular complexity index is 337. The van der Waals surface area contributed by atoms with E-state index in [-0.39, 0.29) is 11.7 Å². The molecule has 1 nitrogen and oxygen atoms in total. The fourth-order valence-corrected chi connectivity index (χ4v) is 2.11. The summed E-state index contributed by atoms with van der Waals surface area (Å²) in [5, 5.41) is 0.632. The van der Waals surface area contributed by atoms with Crippen LogP contribution >= 0.6 is 11.6 Å². The molecule has 0 aliphatic carbocycles.